The summed E-state index contributed by atoms with van der Waals surface area (Å²) >= 11 is 0. The van der Waals surface area contributed by atoms with Crippen LogP contribution in [0.5, 0.6) is 0 Å². The summed E-state index contributed by atoms with van der Waals surface area (Å²) in [6.45, 7) is 0.251. The number of para-hydroxylation sites is 1. The van der Waals surface area contributed by atoms with E-state index in [2.05, 4.69) is 15.3 Å². The molecule has 0 fully saturated rings. The first-order valence-corrected chi connectivity index (χ1v) is 4.22. The summed E-state index contributed by atoms with van der Waals surface area (Å²) < 4.78 is 0. The van der Waals surface area contributed by atoms with Crippen molar-refractivity contribution in [2.75, 3.05) is 11.9 Å². The molecular weight excluding hydrogens is 176 g/mol. The zero-order valence-electron chi connectivity index (χ0n) is 7.44. The first kappa shape index (κ1) is 8.45. The van der Waals surface area contributed by atoms with Crippen LogP contribution in [0.4, 0.5) is 5.82 Å². The maximum Gasteiger partial charge on any atom is 0.138 e. The fourth-order valence-corrected chi connectivity index (χ4v) is 1.27. The third-order valence-electron chi connectivity index (χ3n) is 1.88. The highest BCUT2D eigenvalue weighted by Crippen LogP contribution is 2.17. The molecule has 0 aliphatic rings. The normalized spacial score (nSPS) is 9.64. The van der Waals surface area contributed by atoms with E-state index in [4.69, 9.17) is 5.26 Å². The molecule has 4 nitrogen and oxygen atoms in total. The molecule has 0 saturated carbocycles. The summed E-state index contributed by atoms with van der Waals surface area (Å²) in [5.41, 5.74) is 0.878. The van der Waals surface area contributed by atoms with Gasteiger partial charge in [0, 0.05) is 5.39 Å². The summed E-state index contributed by atoms with van der Waals surface area (Å²) in [6, 6.07) is 9.69. The van der Waals surface area contributed by atoms with Gasteiger partial charge in [-0.25, -0.2) is 9.97 Å². The molecule has 1 aromatic heterocycles. The minimum absolute atomic E-state index is 0.251. The van der Waals surface area contributed by atoms with Gasteiger partial charge in [0.05, 0.1) is 11.6 Å². The number of anilines is 1. The van der Waals surface area contributed by atoms with E-state index in [9.17, 15) is 0 Å². The Balaban J connectivity index is 2.49. The average Bonchev–Trinajstić information content (AvgIpc) is 2.26. The molecule has 2 rings (SSSR count). The lowest BCUT2D eigenvalue weighted by Crippen LogP contribution is -2.01. The van der Waals surface area contributed by atoms with E-state index >= 15 is 0 Å². The molecule has 0 bridgehead atoms. The maximum atomic E-state index is 8.44. The third-order valence-corrected chi connectivity index (χ3v) is 1.88. The van der Waals surface area contributed by atoms with E-state index in [0.717, 1.165) is 10.9 Å². The Hall–Kier alpha value is -2.15. The van der Waals surface area contributed by atoms with Crippen LogP contribution >= 0.6 is 0 Å². The Morgan fingerprint density at radius 1 is 1.29 bits per heavy atom. The second-order valence-corrected chi connectivity index (χ2v) is 2.75. The minimum Gasteiger partial charge on any atom is -0.356 e. The molecule has 0 amide bonds. The second kappa shape index (κ2) is 3.71. The monoisotopic (exact) mass is 184 g/mol. The zero-order chi connectivity index (χ0) is 9.80. The molecule has 0 aliphatic carbocycles. The zero-order valence-corrected chi connectivity index (χ0v) is 7.44. The smallest absolute Gasteiger partial charge is 0.138 e. The van der Waals surface area contributed by atoms with Crippen LogP contribution in [0.3, 0.4) is 0 Å². The van der Waals surface area contributed by atoms with Crippen LogP contribution in [0.1, 0.15) is 0 Å². The van der Waals surface area contributed by atoms with Crippen molar-refractivity contribution in [1.82, 2.24) is 9.97 Å². The molecule has 1 heterocycles. The molecule has 0 spiro atoms. The molecule has 0 saturated heterocycles. The Kier molecular flexibility index (Phi) is 2.24. The molecule has 1 aromatic carbocycles. The minimum atomic E-state index is 0.251. The summed E-state index contributed by atoms with van der Waals surface area (Å²) in [7, 11) is 0. The lowest BCUT2D eigenvalue weighted by Gasteiger charge is -2.03. The number of nitriles is 1. The maximum absolute atomic E-state index is 8.44. The third kappa shape index (κ3) is 1.48. The molecule has 68 valence electrons. The van der Waals surface area contributed by atoms with Crippen LogP contribution in [0.25, 0.3) is 10.9 Å². The van der Waals surface area contributed by atoms with Crippen LogP contribution < -0.4 is 5.32 Å². The Morgan fingerprint density at radius 3 is 3.00 bits per heavy atom. The van der Waals surface area contributed by atoms with Crippen molar-refractivity contribution in [2.24, 2.45) is 0 Å². The highest BCUT2D eigenvalue weighted by molar-refractivity contribution is 5.88. The molecule has 0 radical (unpaired) electrons. The standard InChI is InChI=1S/C10H8N4/c11-5-6-12-10-8-3-1-2-4-9(8)13-7-14-10/h1-4,7H,6H2,(H,12,13,14). The van der Waals surface area contributed by atoms with Crippen LogP contribution in [-0.4, -0.2) is 16.5 Å². The predicted octanol–water partition coefficient (Wildman–Crippen LogP) is 1.57. The van der Waals surface area contributed by atoms with Gasteiger partial charge in [-0.1, -0.05) is 12.1 Å². The lowest BCUT2D eigenvalue weighted by atomic mass is 10.2. The highest BCUT2D eigenvalue weighted by atomic mass is 15.0. The van der Waals surface area contributed by atoms with Gasteiger partial charge in [0.15, 0.2) is 0 Å². The average molecular weight is 184 g/mol. The molecule has 0 atom stereocenters. The van der Waals surface area contributed by atoms with Gasteiger partial charge < -0.3 is 5.32 Å². The van der Waals surface area contributed by atoms with Gasteiger partial charge in [0.1, 0.15) is 18.7 Å². The number of hydrogen-bond acceptors (Lipinski definition) is 4. The predicted molar refractivity (Wildman–Crippen MR) is 53.6 cm³/mol. The van der Waals surface area contributed by atoms with Crippen LogP contribution in [0.2, 0.25) is 0 Å². The topological polar surface area (TPSA) is 61.6 Å². The molecule has 4 heteroatoms. The van der Waals surface area contributed by atoms with Crippen molar-refractivity contribution < 1.29 is 0 Å². The van der Waals surface area contributed by atoms with E-state index in [1.165, 1.54) is 6.33 Å². The fraction of sp³-hybridized carbons (Fsp3) is 0.100. The highest BCUT2D eigenvalue weighted by Gasteiger charge is 2.00. The Bertz CT molecular complexity index is 481. The van der Waals surface area contributed by atoms with Crippen LogP contribution in [-0.2, 0) is 0 Å². The van der Waals surface area contributed by atoms with Crippen molar-refractivity contribution in [3.63, 3.8) is 0 Å². The fourth-order valence-electron chi connectivity index (χ4n) is 1.27. The van der Waals surface area contributed by atoms with Gasteiger partial charge >= 0.3 is 0 Å². The SMILES string of the molecule is N#CCNc1ncnc2ccccc12. The van der Waals surface area contributed by atoms with Crippen molar-refractivity contribution in [3.05, 3.63) is 30.6 Å². The molecule has 0 aliphatic heterocycles. The van der Waals surface area contributed by atoms with Gasteiger partial charge in [0.25, 0.3) is 0 Å². The van der Waals surface area contributed by atoms with Crippen molar-refractivity contribution >= 4 is 16.7 Å². The summed E-state index contributed by atoms with van der Waals surface area (Å²) in [5, 5.41) is 12.3. The number of rotatable bonds is 2. The molecule has 1 N–H and O–H groups in total. The number of nitrogens with one attached hydrogen (secondary N) is 1. The second-order valence-electron chi connectivity index (χ2n) is 2.75. The summed E-state index contributed by atoms with van der Waals surface area (Å²) in [5.74, 6) is 0.706. The van der Waals surface area contributed by atoms with E-state index in [-0.39, 0.29) is 6.54 Å². The first-order chi connectivity index (χ1) is 6.92. The first-order valence-electron chi connectivity index (χ1n) is 4.22. The van der Waals surface area contributed by atoms with Gasteiger partial charge in [-0.05, 0) is 12.1 Å². The van der Waals surface area contributed by atoms with Gasteiger partial charge in [-0.15, -0.1) is 0 Å². The number of nitrogens with zero attached hydrogens (tertiary/aromatic N) is 3. The van der Waals surface area contributed by atoms with E-state index in [1.54, 1.807) is 0 Å². The van der Waals surface area contributed by atoms with Crippen LogP contribution in [0.15, 0.2) is 30.6 Å². The van der Waals surface area contributed by atoms with E-state index in [1.807, 2.05) is 30.3 Å². The van der Waals surface area contributed by atoms with Gasteiger partial charge in [-0.3, -0.25) is 0 Å². The van der Waals surface area contributed by atoms with E-state index in [0.29, 0.717) is 5.82 Å². The van der Waals surface area contributed by atoms with Crippen molar-refractivity contribution in [3.8, 4) is 6.07 Å². The number of aromatic nitrogens is 2. The quantitative estimate of drug-likeness (QED) is 0.719. The van der Waals surface area contributed by atoms with Gasteiger partial charge in [0.2, 0.25) is 0 Å². The molecular formula is C10H8N4. The number of benzene rings is 1. The number of hydrogen-bond donors (Lipinski definition) is 1. The Labute approximate surface area is 81.2 Å². The lowest BCUT2D eigenvalue weighted by molar-refractivity contribution is 1.18. The van der Waals surface area contributed by atoms with Crippen molar-refractivity contribution in [2.45, 2.75) is 0 Å². The summed E-state index contributed by atoms with van der Waals surface area (Å²) in [6.07, 6.45) is 1.49. The Morgan fingerprint density at radius 2 is 2.14 bits per heavy atom. The largest absolute Gasteiger partial charge is 0.356 e. The molecule has 14 heavy (non-hydrogen) atoms. The van der Waals surface area contributed by atoms with Crippen molar-refractivity contribution in [1.29, 1.82) is 5.26 Å². The van der Waals surface area contributed by atoms with E-state index < -0.39 is 0 Å². The van der Waals surface area contributed by atoms with Gasteiger partial charge in [-0.2, -0.15) is 5.26 Å². The molecule has 2 aromatic rings. The molecule has 0 unspecified atom stereocenters. The number of fused-ring (bicyclic) bond motifs is 1. The summed E-state index contributed by atoms with van der Waals surface area (Å²) in [4.78, 5) is 8.19. The van der Waals surface area contributed by atoms with Crippen LogP contribution in [0, 0.1) is 11.3 Å².